The van der Waals surface area contributed by atoms with Gasteiger partial charge in [-0.15, -0.1) is 0 Å². The Hall–Kier alpha value is -1.56. The molecule has 0 aromatic carbocycles. The third-order valence-electron chi connectivity index (χ3n) is 2.79. The van der Waals surface area contributed by atoms with Crippen molar-refractivity contribution < 1.29 is 4.42 Å². The average molecular weight is 292 g/mol. The van der Waals surface area contributed by atoms with Crippen LogP contribution in [0.4, 0.5) is 5.82 Å². The van der Waals surface area contributed by atoms with Crippen LogP contribution in [0.15, 0.2) is 20.9 Å². The average Bonchev–Trinajstić information content (AvgIpc) is 2.85. The number of hydrogen-bond donors (Lipinski definition) is 1. The molecule has 0 spiro atoms. The van der Waals surface area contributed by atoms with Crippen molar-refractivity contribution in [3.8, 4) is 0 Å². The highest BCUT2D eigenvalue weighted by molar-refractivity contribution is 7.99. The number of rotatable bonds is 6. The van der Waals surface area contributed by atoms with Crippen LogP contribution in [0.25, 0.3) is 0 Å². The molecule has 2 heterocycles. The van der Waals surface area contributed by atoms with Crippen molar-refractivity contribution in [1.82, 2.24) is 15.0 Å². The summed E-state index contributed by atoms with van der Waals surface area (Å²) >= 11 is 1.44. The Labute approximate surface area is 123 Å². The SMILES string of the molecule is CCCNc1nc(CC)nc(Sc2nc(C)co2)c1C. The van der Waals surface area contributed by atoms with Crippen molar-refractivity contribution >= 4 is 17.6 Å². The molecule has 0 bridgehead atoms. The summed E-state index contributed by atoms with van der Waals surface area (Å²) in [7, 11) is 0. The summed E-state index contributed by atoms with van der Waals surface area (Å²) in [5.74, 6) is 1.74. The molecule has 6 heteroatoms. The molecule has 0 aliphatic carbocycles. The number of aromatic nitrogens is 3. The van der Waals surface area contributed by atoms with Crippen LogP contribution in [-0.4, -0.2) is 21.5 Å². The monoisotopic (exact) mass is 292 g/mol. The van der Waals surface area contributed by atoms with Gasteiger partial charge < -0.3 is 9.73 Å². The van der Waals surface area contributed by atoms with Crippen molar-refractivity contribution in [1.29, 1.82) is 0 Å². The second-order valence-corrected chi connectivity index (χ2v) is 5.50. The largest absolute Gasteiger partial charge is 0.439 e. The Morgan fingerprint density at radius 3 is 2.60 bits per heavy atom. The molecule has 0 saturated carbocycles. The molecular formula is C14H20N4OS. The fourth-order valence-electron chi connectivity index (χ4n) is 1.68. The van der Waals surface area contributed by atoms with Gasteiger partial charge in [-0.25, -0.2) is 15.0 Å². The standard InChI is InChI=1S/C14H20N4OS/c1-5-7-15-12-10(4)13(18-11(6-2)17-12)20-14-16-9(3)8-19-14/h8H,5-7H2,1-4H3,(H,15,17,18). The van der Waals surface area contributed by atoms with Crippen LogP contribution in [0.5, 0.6) is 0 Å². The van der Waals surface area contributed by atoms with E-state index in [1.54, 1.807) is 6.26 Å². The van der Waals surface area contributed by atoms with Gasteiger partial charge in [0.05, 0.1) is 5.69 Å². The summed E-state index contributed by atoms with van der Waals surface area (Å²) in [5, 5.41) is 4.87. The molecule has 0 aliphatic rings. The molecule has 0 saturated heterocycles. The van der Waals surface area contributed by atoms with E-state index in [-0.39, 0.29) is 0 Å². The van der Waals surface area contributed by atoms with Gasteiger partial charge >= 0.3 is 0 Å². The van der Waals surface area contributed by atoms with Crippen molar-refractivity contribution in [2.75, 3.05) is 11.9 Å². The maximum Gasteiger partial charge on any atom is 0.262 e. The Morgan fingerprint density at radius 2 is 2.00 bits per heavy atom. The lowest BCUT2D eigenvalue weighted by molar-refractivity contribution is 0.453. The molecule has 0 unspecified atom stereocenters. The first kappa shape index (κ1) is 14.8. The van der Waals surface area contributed by atoms with Crippen LogP contribution < -0.4 is 5.32 Å². The molecular weight excluding hydrogens is 272 g/mol. The third kappa shape index (κ3) is 3.50. The minimum absolute atomic E-state index is 0.618. The molecule has 2 aromatic heterocycles. The summed E-state index contributed by atoms with van der Waals surface area (Å²) in [5.41, 5.74) is 1.91. The van der Waals surface area contributed by atoms with Gasteiger partial charge in [-0.3, -0.25) is 0 Å². The van der Waals surface area contributed by atoms with E-state index in [1.807, 2.05) is 13.8 Å². The quantitative estimate of drug-likeness (QED) is 0.820. The molecule has 2 aromatic rings. The minimum Gasteiger partial charge on any atom is -0.439 e. The summed E-state index contributed by atoms with van der Waals surface area (Å²) in [4.78, 5) is 13.4. The van der Waals surface area contributed by atoms with Gasteiger partial charge in [0, 0.05) is 18.5 Å². The minimum atomic E-state index is 0.618. The van der Waals surface area contributed by atoms with Gasteiger partial charge in [0.2, 0.25) is 0 Å². The van der Waals surface area contributed by atoms with Gasteiger partial charge in [0.25, 0.3) is 5.22 Å². The molecule has 0 amide bonds. The van der Waals surface area contributed by atoms with E-state index in [1.165, 1.54) is 11.8 Å². The van der Waals surface area contributed by atoms with Crippen LogP contribution in [0.2, 0.25) is 0 Å². The van der Waals surface area contributed by atoms with Crippen molar-refractivity contribution in [2.45, 2.75) is 50.8 Å². The van der Waals surface area contributed by atoms with E-state index in [4.69, 9.17) is 4.42 Å². The van der Waals surface area contributed by atoms with E-state index >= 15 is 0 Å². The number of nitrogens with one attached hydrogen (secondary N) is 1. The summed E-state index contributed by atoms with van der Waals surface area (Å²) in [6.45, 7) is 9.03. The Balaban J connectivity index is 2.30. The van der Waals surface area contributed by atoms with Crippen LogP contribution in [0, 0.1) is 13.8 Å². The zero-order chi connectivity index (χ0) is 14.5. The first-order valence-electron chi connectivity index (χ1n) is 6.85. The highest BCUT2D eigenvalue weighted by atomic mass is 32.2. The molecule has 20 heavy (non-hydrogen) atoms. The lowest BCUT2D eigenvalue weighted by Crippen LogP contribution is -2.08. The molecule has 0 radical (unpaired) electrons. The van der Waals surface area contributed by atoms with Gasteiger partial charge in [0.15, 0.2) is 0 Å². The highest BCUT2D eigenvalue weighted by Crippen LogP contribution is 2.30. The van der Waals surface area contributed by atoms with Crippen LogP contribution in [-0.2, 0) is 6.42 Å². The second-order valence-electron chi connectivity index (χ2n) is 4.56. The third-order valence-corrected chi connectivity index (χ3v) is 3.74. The molecule has 1 N–H and O–H groups in total. The summed E-state index contributed by atoms with van der Waals surface area (Å²) in [6.07, 6.45) is 3.52. The normalized spacial score (nSPS) is 10.8. The van der Waals surface area contributed by atoms with Crippen LogP contribution in [0.3, 0.4) is 0 Å². The van der Waals surface area contributed by atoms with Gasteiger partial charge in [-0.1, -0.05) is 13.8 Å². The van der Waals surface area contributed by atoms with Crippen LogP contribution in [0.1, 0.15) is 37.4 Å². The fourth-order valence-corrected chi connectivity index (χ4v) is 2.53. The number of hydrogen-bond acceptors (Lipinski definition) is 6. The van der Waals surface area contributed by atoms with E-state index in [0.717, 1.165) is 47.3 Å². The number of oxazole rings is 1. The zero-order valence-electron chi connectivity index (χ0n) is 12.4. The van der Waals surface area contributed by atoms with E-state index in [9.17, 15) is 0 Å². The molecule has 0 atom stereocenters. The molecule has 108 valence electrons. The van der Waals surface area contributed by atoms with Gasteiger partial charge in [-0.05, 0) is 32.0 Å². The van der Waals surface area contributed by atoms with Crippen molar-refractivity contribution in [2.24, 2.45) is 0 Å². The molecule has 2 rings (SSSR count). The van der Waals surface area contributed by atoms with E-state index in [0.29, 0.717) is 5.22 Å². The number of anilines is 1. The zero-order valence-corrected chi connectivity index (χ0v) is 13.2. The van der Waals surface area contributed by atoms with Gasteiger partial charge in [0.1, 0.15) is 22.9 Å². The maximum atomic E-state index is 5.39. The first-order valence-corrected chi connectivity index (χ1v) is 7.67. The smallest absolute Gasteiger partial charge is 0.262 e. The molecule has 5 nitrogen and oxygen atoms in total. The Morgan fingerprint density at radius 1 is 1.20 bits per heavy atom. The molecule has 0 fully saturated rings. The Kier molecular flexibility index (Phi) is 5.00. The first-order chi connectivity index (χ1) is 9.63. The number of aryl methyl sites for hydroxylation is 2. The topological polar surface area (TPSA) is 63.8 Å². The lowest BCUT2D eigenvalue weighted by atomic mass is 10.3. The predicted octanol–water partition coefficient (Wildman–Crippen LogP) is 3.62. The van der Waals surface area contributed by atoms with E-state index in [2.05, 4.69) is 34.1 Å². The van der Waals surface area contributed by atoms with E-state index < -0.39 is 0 Å². The second kappa shape index (κ2) is 6.74. The Bertz CT molecular complexity index is 583. The fraction of sp³-hybridized carbons (Fsp3) is 0.500. The van der Waals surface area contributed by atoms with Gasteiger partial charge in [-0.2, -0.15) is 0 Å². The number of nitrogens with zero attached hydrogens (tertiary/aromatic N) is 3. The summed E-state index contributed by atoms with van der Waals surface area (Å²) in [6, 6.07) is 0. The lowest BCUT2D eigenvalue weighted by Gasteiger charge is -2.11. The summed E-state index contributed by atoms with van der Waals surface area (Å²) < 4.78 is 5.39. The molecule has 0 aliphatic heterocycles. The maximum absolute atomic E-state index is 5.39. The van der Waals surface area contributed by atoms with Crippen molar-refractivity contribution in [3.63, 3.8) is 0 Å². The van der Waals surface area contributed by atoms with Crippen LogP contribution >= 0.6 is 11.8 Å². The van der Waals surface area contributed by atoms with Crippen molar-refractivity contribution in [3.05, 3.63) is 23.3 Å². The predicted molar refractivity (Wildman–Crippen MR) is 80.3 cm³/mol. The highest BCUT2D eigenvalue weighted by Gasteiger charge is 2.13.